The second-order valence-electron chi connectivity index (χ2n) is 14.1. The summed E-state index contributed by atoms with van der Waals surface area (Å²) in [6.07, 6.45) is 12.8. The van der Waals surface area contributed by atoms with E-state index in [9.17, 15) is 13.2 Å². The molecule has 10 heteroatoms. The first-order valence-electron chi connectivity index (χ1n) is 17.0. The Morgan fingerprint density at radius 3 is 2.51 bits per heavy atom. The van der Waals surface area contributed by atoms with Crippen LogP contribution >= 0.6 is 0 Å². The first kappa shape index (κ1) is 33.3. The SMILES string of the molecule is COc1cc(C2=CC(C)(S(=O)(=O)n3cc(-c4ccc(C(=O)N(C)C)cc4)c4cccnc43)CC=C2)cc2c1CN(C1CCN(C)CC1)CC2. The van der Waals surface area contributed by atoms with E-state index in [-0.39, 0.29) is 5.91 Å². The molecular weight excluding hydrogens is 635 g/mol. The van der Waals surface area contributed by atoms with E-state index in [0.29, 0.717) is 23.7 Å². The van der Waals surface area contributed by atoms with Crippen LogP contribution in [0.4, 0.5) is 0 Å². The lowest BCUT2D eigenvalue weighted by atomic mass is 9.88. The van der Waals surface area contributed by atoms with E-state index in [2.05, 4.69) is 34.0 Å². The Hall–Kier alpha value is -4.25. The number of carbonyl (C=O) groups is 1. The maximum atomic E-state index is 14.7. The van der Waals surface area contributed by atoms with Gasteiger partial charge in [0.1, 0.15) is 10.5 Å². The van der Waals surface area contributed by atoms with Gasteiger partial charge in [0.15, 0.2) is 5.65 Å². The third-order valence-electron chi connectivity index (χ3n) is 10.6. The predicted molar refractivity (Wildman–Crippen MR) is 195 cm³/mol. The van der Waals surface area contributed by atoms with Crippen molar-refractivity contribution in [3.63, 3.8) is 0 Å². The van der Waals surface area contributed by atoms with Crippen LogP contribution in [0.3, 0.4) is 0 Å². The van der Waals surface area contributed by atoms with Gasteiger partial charge in [-0.05, 0) is 105 Å². The van der Waals surface area contributed by atoms with Crippen molar-refractivity contribution in [2.75, 3.05) is 47.9 Å². The summed E-state index contributed by atoms with van der Waals surface area (Å²) in [6, 6.07) is 15.8. The number of aromatic nitrogens is 2. The van der Waals surface area contributed by atoms with Gasteiger partial charge in [-0.3, -0.25) is 9.69 Å². The number of ether oxygens (including phenoxy) is 1. The van der Waals surface area contributed by atoms with E-state index in [0.717, 1.165) is 66.0 Å². The first-order valence-corrected chi connectivity index (χ1v) is 18.5. The quantitative estimate of drug-likeness (QED) is 0.242. The number of hydrogen-bond acceptors (Lipinski definition) is 7. The lowest BCUT2D eigenvalue weighted by Gasteiger charge is -2.40. The Labute approximate surface area is 289 Å². The summed E-state index contributed by atoms with van der Waals surface area (Å²) < 4.78 is 35.5. The smallest absolute Gasteiger partial charge is 0.253 e. The zero-order valence-electron chi connectivity index (χ0n) is 29.0. The molecular formula is C39H45N5O4S. The number of benzene rings is 2. The normalized spacial score (nSPS) is 20.6. The van der Waals surface area contributed by atoms with Gasteiger partial charge in [0.2, 0.25) is 10.0 Å². The number of fused-ring (bicyclic) bond motifs is 2. The predicted octanol–water partition coefficient (Wildman–Crippen LogP) is 5.85. The number of likely N-dealkylation sites (tertiary alicyclic amines) is 1. The van der Waals surface area contributed by atoms with E-state index in [1.807, 2.05) is 42.5 Å². The summed E-state index contributed by atoms with van der Waals surface area (Å²) in [5, 5.41) is 0.727. The van der Waals surface area contributed by atoms with Crippen molar-refractivity contribution in [3.05, 3.63) is 101 Å². The number of carbonyl (C=O) groups excluding carboxylic acids is 1. The van der Waals surface area contributed by atoms with Gasteiger partial charge >= 0.3 is 0 Å². The van der Waals surface area contributed by atoms with Gasteiger partial charge in [0.25, 0.3) is 5.91 Å². The molecule has 3 aliphatic rings. The molecule has 9 nitrogen and oxygen atoms in total. The molecule has 1 saturated heterocycles. The van der Waals surface area contributed by atoms with Crippen LogP contribution in [-0.4, -0.2) is 96.7 Å². The number of allylic oxidation sites excluding steroid dienone is 3. The topological polar surface area (TPSA) is 88.0 Å². The summed E-state index contributed by atoms with van der Waals surface area (Å²) >= 11 is 0. The van der Waals surface area contributed by atoms with Crippen molar-refractivity contribution >= 4 is 32.5 Å². The third-order valence-corrected chi connectivity index (χ3v) is 12.9. The zero-order chi connectivity index (χ0) is 34.5. The molecule has 7 rings (SSSR count). The molecule has 2 aliphatic heterocycles. The molecule has 1 atom stereocenters. The maximum absolute atomic E-state index is 14.7. The highest BCUT2D eigenvalue weighted by Crippen LogP contribution is 2.40. The van der Waals surface area contributed by atoms with Crippen LogP contribution < -0.4 is 4.74 Å². The molecule has 4 heterocycles. The average Bonchev–Trinajstić information content (AvgIpc) is 3.51. The van der Waals surface area contributed by atoms with E-state index in [1.54, 1.807) is 52.7 Å². The van der Waals surface area contributed by atoms with Crippen LogP contribution in [0.2, 0.25) is 0 Å². The van der Waals surface area contributed by atoms with E-state index >= 15 is 0 Å². The van der Waals surface area contributed by atoms with Crippen molar-refractivity contribution in [3.8, 4) is 16.9 Å². The maximum Gasteiger partial charge on any atom is 0.253 e. The Morgan fingerprint density at radius 1 is 1.04 bits per heavy atom. The molecule has 0 bridgehead atoms. The van der Waals surface area contributed by atoms with Gasteiger partial charge in [0.05, 0.1) is 7.11 Å². The second kappa shape index (κ2) is 12.9. The van der Waals surface area contributed by atoms with Crippen LogP contribution in [-0.2, 0) is 23.0 Å². The lowest BCUT2D eigenvalue weighted by Crippen LogP contribution is -2.45. The minimum atomic E-state index is -3.98. The Kier molecular flexibility index (Phi) is 8.75. The number of rotatable bonds is 7. The highest BCUT2D eigenvalue weighted by Gasteiger charge is 2.41. The fourth-order valence-electron chi connectivity index (χ4n) is 7.61. The van der Waals surface area contributed by atoms with Crippen molar-refractivity contribution in [1.29, 1.82) is 0 Å². The second-order valence-corrected chi connectivity index (χ2v) is 16.4. The fraction of sp³-hybridized carbons (Fsp3) is 0.385. The monoisotopic (exact) mass is 679 g/mol. The molecule has 1 amide bonds. The molecule has 1 fully saturated rings. The number of amides is 1. The van der Waals surface area contributed by atoms with Crippen LogP contribution in [0.15, 0.2) is 79.2 Å². The summed E-state index contributed by atoms with van der Waals surface area (Å²) in [5.41, 5.74) is 6.82. The number of piperidine rings is 1. The minimum Gasteiger partial charge on any atom is -0.496 e. The molecule has 4 aromatic rings. The van der Waals surface area contributed by atoms with Crippen molar-refractivity contribution in [2.24, 2.45) is 0 Å². The number of hydrogen-bond donors (Lipinski definition) is 0. The Balaban J connectivity index is 1.22. The minimum absolute atomic E-state index is 0.0924. The van der Waals surface area contributed by atoms with Crippen LogP contribution in [0.1, 0.15) is 53.2 Å². The van der Waals surface area contributed by atoms with Crippen LogP contribution in [0.5, 0.6) is 5.75 Å². The molecule has 256 valence electrons. The highest BCUT2D eigenvalue weighted by atomic mass is 32.2. The molecule has 0 N–H and O–H groups in total. The molecule has 0 spiro atoms. The van der Waals surface area contributed by atoms with E-state index < -0.39 is 14.8 Å². The summed E-state index contributed by atoms with van der Waals surface area (Å²) in [4.78, 5) is 23.6. The lowest BCUT2D eigenvalue weighted by molar-refractivity contribution is 0.0827. The first-order chi connectivity index (χ1) is 23.5. The summed E-state index contributed by atoms with van der Waals surface area (Å²) in [5.74, 6) is 0.767. The van der Waals surface area contributed by atoms with Crippen molar-refractivity contribution < 1.29 is 17.9 Å². The molecule has 0 radical (unpaired) electrons. The Bertz CT molecular complexity index is 2060. The number of pyridine rings is 1. The fourth-order valence-corrected chi connectivity index (χ4v) is 9.26. The number of methoxy groups -OCH3 is 1. The van der Waals surface area contributed by atoms with Crippen molar-refractivity contribution in [1.82, 2.24) is 23.7 Å². The molecule has 2 aromatic carbocycles. The van der Waals surface area contributed by atoms with Crippen LogP contribution in [0.25, 0.3) is 27.7 Å². The molecule has 0 saturated carbocycles. The standard InChI is InChI=1S/C39H45N5O4S/c1-39(49(46,47)44-26-34(33-9-7-18-40-37(33)44)27-10-12-28(13-11-27)38(45)41(2)3)17-6-8-30(24-39)31-22-29-14-21-43(25-35(29)36(23-31)48-5)32-15-19-42(4)20-16-32/h6-13,18,22-24,26,32H,14-17,19-21,25H2,1-5H3. The van der Waals surface area contributed by atoms with E-state index in [4.69, 9.17) is 4.74 Å². The summed E-state index contributed by atoms with van der Waals surface area (Å²) in [7, 11) is 3.37. The average molecular weight is 680 g/mol. The number of nitrogens with zero attached hydrogens (tertiary/aromatic N) is 5. The summed E-state index contributed by atoms with van der Waals surface area (Å²) in [6.45, 7) is 5.94. The molecule has 1 aliphatic carbocycles. The van der Waals surface area contributed by atoms with Crippen molar-refractivity contribution in [2.45, 2.75) is 49.9 Å². The van der Waals surface area contributed by atoms with Gasteiger partial charge in [-0.25, -0.2) is 17.4 Å². The van der Waals surface area contributed by atoms with Gasteiger partial charge in [-0.1, -0.05) is 36.4 Å². The molecule has 1 unspecified atom stereocenters. The Morgan fingerprint density at radius 2 is 1.80 bits per heavy atom. The van der Waals surface area contributed by atoms with Crippen LogP contribution in [0, 0.1) is 0 Å². The largest absolute Gasteiger partial charge is 0.496 e. The zero-order valence-corrected chi connectivity index (χ0v) is 29.8. The van der Waals surface area contributed by atoms with Gasteiger partial charge < -0.3 is 14.5 Å². The van der Waals surface area contributed by atoms with E-state index in [1.165, 1.54) is 32.8 Å². The molecule has 2 aromatic heterocycles. The van der Waals surface area contributed by atoms with Gasteiger partial charge in [-0.2, -0.15) is 0 Å². The van der Waals surface area contributed by atoms with Gasteiger partial charge in [0, 0.05) is 67.7 Å². The molecule has 49 heavy (non-hydrogen) atoms. The third kappa shape index (κ3) is 6.00. The highest BCUT2D eigenvalue weighted by molar-refractivity contribution is 7.91. The van der Waals surface area contributed by atoms with Gasteiger partial charge in [-0.15, -0.1) is 0 Å².